The van der Waals surface area contributed by atoms with Crippen LogP contribution in [0.1, 0.15) is 5.56 Å². The maximum Gasteiger partial charge on any atom is 0.100 e. The van der Waals surface area contributed by atoms with E-state index in [2.05, 4.69) is 15.6 Å². The van der Waals surface area contributed by atoms with Crippen LogP contribution in [0.4, 0.5) is 0 Å². The first-order valence-electron chi connectivity index (χ1n) is 6.21. The lowest BCUT2D eigenvalue weighted by Crippen LogP contribution is -2.07. The molecule has 0 aliphatic heterocycles. The monoisotopic (exact) mass is 271 g/mol. The average Bonchev–Trinajstić information content (AvgIpc) is 2.85. The Morgan fingerprint density at radius 3 is 2.79 bits per heavy atom. The fourth-order valence-electron chi connectivity index (χ4n) is 2.32. The molecule has 0 atom stereocenters. The molecule has 0 aliphatic rings. The highest BCUT2D eigenvalue weighted by atomic mass is 35.5. The first-order valence-corrected chi connectivity index (χ1v) is 6.59. The molecular weight excluding hydrogens is 258 g/mol. The van der Waals surface area contributed by atoms with E-state index in [4.69, 9.17) is 17.3 Å². The van der Waals surface area contributed by atoms with Crippen LogP contribution in [-0.2, 0) is 6.42 Å². The molecular formula is C15H14ClN3. The topological polar surface area (TPSA) is 43.8 Å². The third-order valence-corrected chi connectivity index (χ3v) is 3.56. The number of halogens is 1. The van der Waals surface area contributed by atoms with Crippen LogP contribution >= 0.6 is 11.6 Å². The Hall–Kier alpha value is -1.84. The van der Waals surface area contributed by atoms with Crippen LogP contribution in [-0.4, -0.2) is 16.1 Å². The molecule has 2 aromatic carbocycles. The van der Waals surface area contributed by atoms with Crippen molar-refractivity contribution in [3.05, 3.63) is 59.4 Å². The van der Waals surface area contributed by atoms with Crippen LogP contribution in [0, 0.1) is 0 Å². The van der Waals surface area contributed by atoms with Gasteiger partial charge in [0, 0.05) is 5.02 Å². The van der Waals surface area contributed by atoms with Crippen molar-refractivity contribution in [2.45, 2.75) is 6.42 Å². The van der Waals surface area contributed by atoms with Crippen molar-refractivity contribution in [3.8, 4) is 5.69 Å². The van der Waals surface area contributed by atoms with E-state index >= 15 is 0 Å². The van der Waals surface area contributed by atoms with Crippen LogP contribution in [0.3, 0.4) is 0 Å². The third-order valence-electron chi connectivity index (χ3n) is 3.20. The summed E-state index contributed by atoms with van der Waals surface area (Å²) in [5.41, 5.74) is 9.84. The van der Waals surface area contributed by atoms with E-state index in [-0.39, 0.29) is 0 Å². The molecule has 0 saturated heterocycles. The summed E-state index contributed by atoms with van der Waals surface area (Å²) in [5.74, 6) is 0. The number of hydrogen-bond acceptors (Lipinski definition) is 2. The second kappa shape index (κ2) is 5.03. The smallest absolute Gasteiger partial charge is 0.100 e. The summed E-state index contributed by atoms with van der Waals surface area (Å²) < 4.78 is 2.06. The highest BCUT2D eigenvalue weighted by molar-refractivity contribution is 6.31. The lowest BCUT2D eigenvalue weighted by molar-refractivity contribution is 0.942. The number of imidazole rings is 1. The van der Waals surface area contributed by atoms with Crippen molar-refractivity contribution < 1.29 is 0 Å². The van der Waals surface area contributed by atoms with Gasteiger partial charge in [0.2, 0.25) is 0 Å². The van der Waals surface area contributed by atoms with Gasteiger partial charge in [-0.15, -0.1) is 0 Å². The van der Waals surface area contributed by atoms with Gasteiger partial charge in [0.25, 0.3) is 0 Å². The Labute approximate surface area is 116 Å². The summed E-state index contributed by atoms with van der Waals surface area (Å²) in [5, 5.41) is 0.751. The molecule has 0 radical (unpaired) electrons. The van der Waals surface area contributed by atoms with E-state index < -0.39 is 0 Å². The Morgan fingerprint density at radius 2 is 1.95 bits per heavy atom. The highest BCUT2D eigenvalue weighted by Crippen LogP contribution is 2.26. The van der Waals surface area contributed by atoms with Crippen molar-refractivity contribution >= 4 is 22.6 Å². The van der Waals surface area contributed by atoms with Crippen molar-refractivity contribution in [3.63, 3.8) is 0 Å². The molecule has 3 rings (SSSR count). The van der Waals surface area contributed by atoms with Crippen LogP contribution in [0.5, 0.6) is 0 Å². The molecule has 0 amide bonds. The number of para-hydroxylation sites is 2. The van der Waals surface area contributed by atoms with E-state index in [1.807, 2.05) is 42.7 Å². The maximum atomic E-state index is 6.29. The summed E-state index contributed by atoms with van der Waals surface area (Å²) in [6.45, 7) is 0.573. The average molecular weight is 272 g/mol. The summed E-state index contributed by atoms with van der Waals surface area (Å²) in [6, 6.07) is 13.9. The molecule has 1 aromatic heterocycles. The molecule has 1 heterocycles. The predicted molar refractivity (Wildman–Crippen MR) is 78.8 cm³/mol. The minimum atomic E-state index is 0.573. The molecule has 4 heteroatoms. The van der Waals surface area contributed by atoms with Crippen LogP contribution in [0.2, 0.25) is 5.02 Å². The third kappa shape index (κ3) is 2.11. The molecule has 96 valence electrons. The minimum Gasteiger partial charge on any atom is -0.330 e. The minimum absolute atomic E-state index is 0.573. The predicted octanol–water partition coefficient (Wildman–Crippen LogP) is 3.18. The molecule has 0 spiro atoms. The second-order valence-electron chi connectivity index (χ2n) is 4.38. The SMILES string of the molecule is NCCc1c(Cl)cccc1-n1cnc2ccccc21. The molecule has 2 N–H and O–H groups in total. The lowest BCUT2D eigenvalue weighted by Gasteiger charge is -2.12. The number of hydrogen-bond donors (Lipinski definition) is 1. The lowest BCUT2D eigenvalue weighted by atomic mass is 10.1. The number of rotatable bonds is 3. The molecule has 3 nitrogen and oxygen atoms in total. The van der Waals surface area contributed by atoms with Gasteiger partial charge in [-0.1, -0.05) is 29.8 Å². The standard InChI is InChI=1S/C15H14ClN3/c16-12-4-3-7-14(11(12)8-9-17)19-10-18-13-5-1-2-6-15(13)19/h1-7,10H,8-9,17H2. The van der Waals surface area contributed by atoms with Gasteiger partial charge in [-0.2, -0.15) is 0 Å². The molecule has 0 aliphatic carbocycles. The molecule has 0 unspecified atom stereocenters. The zero-order chi connectivity index (χ0) is 13.2. The number of benzene rings is 2. The van der Waals surface area contributed by atoms with Gasteiger partial charge in [-0.25, -0.2) is 4.98 Å². The van der Waals surface area contributed by atoms with Crippen LogP contribution in [0.15, 0.2) is 48.8 Å². The van der Waals surface area contributed by atoms with Crippen molar-refractivity contribution in [2.75, 3.05) is 6.54 Å². The fraction of sp³-hybridized carbons (Fsp3) is 0.133. The largest absolute Gasteiger partial charge is 0.330 e. The molecule has 3 aromatic rings. The quantitative estimate of drug-likeness (QED) is 0.795. The Kier molecular flexibility index (Phi) is 3.23. The zero-order valence-corrected chi connectivity index (χ0v) is 11.1. The van der Waals surface area contributed by atoms with E-state index in [1.54, 1.807) is 0 Å². The Morgan fingerprint density at radius 1 is 1.11 bits per heavy atom. The Balaban J connectivity index is 2.24. The number of aromatic nitrogens is 2. The molecule has 19 heavy (non-hydrogen) atoms. The van der Waals surface area contributed by atoms with Crippen LogP contribution < -0.4 is 5.73 Å². The summed E-state index contributed by atoms with van der Waals surface area (Å²) in [6.07, 6.45) is 2.58. The van der Waals surface area contributed by atoms with E-state index in [0.717, 1.165) is 33.7 Å². The van der Waals surface area contributed by atoms with Gasteiger partial charge in [0.15, 0.2) is 0 Å². The van der Waals surface area contributed by atoms with Crippen molar-refractivity contribution in [1.29, 1.82) is 0 Å². The van der Waals surface area contributed by atoms with E-state index in [1.165, 1.54) is 0 Å². The summed E-state index contributed by atoms with van der Waals surface area (Å²) >= 11 is 6.29. The van der Waals surface area contributed by atoms with E-state index in [0.29, 0.717) is 6.54 Å². The first kappa shape index (κ1) is 12.2. The van der Waals surface area contributed by atoms with Gasteiger partial charge >= 0.3 is 0 Å². The van der Waals surface area contributed by atoms with Gasteiger partial charge in [-0.3, -0.25) is 4.57 Å². The van der Waals surface area contributed by atoms with Gasteiger partial charge in [-0.05, 0) is 42.8 Å². The molecule has 0 fully saturated rings. The number of nitrogens with zero attached hydrogens (tertiary/aromatic N) is 2. The fourth-order valence-corrected chi connectivity index (χ4v) is 2.58. The second-order valence-corrected chi connectivity index (χ2v) is 4.79. The highest BCUT2D eigenvalue weighted by Gasteiger charge is 2.10. The van der Waals surface area contributed by atoms with Gasteiger partial charge < -0.3 is 5.73 Å². The summed E-state index contributed by atoms with van der Waals surface area (Å²) in [7, 11) is 0. The zero-order valence-electron chi connectivity index (χ0n) is 10.4. The van der Waals surface area contributed by atoms with Gasteiger partial charge in [0.1, 0.15) is 6.33 Å². The van der Waals surface area contributed by atoms with Gasteiger partial charge in [0.05, 0.1) is 16.7 Å². The number of fused-ring (bicyclic) bond motifs is 1. The van der Waals surface area contributed by atoms with Crippen LogP contribution in [0.25, 0.3) is 16.7 Å². The normalized spacial score (nSPS) is 11.1. The molecule has 0 saturated carbocycles. The summed E-state index contributed by atoms with van der Waals surface area (Å²) in [4.78, 5) is 4.41. The Bertz CT molecular complexity index is 718. The van der Waals surface area contributed by atoms with E-state index in [9.17, 15) is 0 Å². The maximum absolute atomic E-state index is 6.29. The number of nitrogens with two attached hydrogens (primary N) is 1. The van der Waals surface area contributed by atoms with Crippen molar-refractivity contribution in [1.82, 2.24) is 9.55 Å². The first-order chi connectivity index (χ1) is 9.31. The van der Waals surface area contributed by atoms with Crippen molar-refractivity contribution in [2.24, 2.45) is 5.73 Å². The molecule has 0 bridgehead atoms.